The first-order valence-electron chi connectivity index (χ1n) is 7.05. The number of anilines is 1. The molecule has 4 N–H and O–H groups in total. The molecule has 0 saturated carbocycles. The fraction of sp³-hybridized carbons (Fsp3) is 0.533. The number of aliphatic hydroxyl groups excluding tert-OH is 4. The van der Waals surface area contributed by atoms with Crippen LogP contribution in [-0.4, -0.2) is 78.0 Å². The highest BCUT2D eigenvalue weighted by Gasteiger charge is 2.43. The van der Waals surface area contributed by atoms with Gasteiger partial charge in [0.05, 0.1) is 6.61 Å². The van der Waals surface area contributed by atoms with Crippen LogP contribution in [0.15, 0.2) is 29.3 Å². The van der Waals surface area contributed by atoms with Crippen molar-refractivity contribution in [1.82, 2.24) is 0 Å². The lowest BCUT2D eigenvalue weighted by Crippen LogP contribution is -2.57. The predicted octanol–water partition coefficient (Wildman–Crippen LogP) is -1.03. The van der Waals surface area contributed by atoms with Gasteiger partial charge in [-0.05, 0) is 17.7 Å². The Morgan fingerprint density at radius 1 is 1.14 bits per heavy atom. The highest BCUT2D eigenvalue weighted by Crippen LogP contribution is 2.22. The lowest BCUT2D eigenvalue weighted by molar-refractivity contribution is -0.248. The highest BCUT2D eigenvalue weighted by molar-refractivity contribution is 5.80. The van der Waals surface area contributed by atoms with Crippen molar-refractivity contribution in [3.8, 4) is 0 Å². The van der Waals surface area contributed by atoms with Crippen molar-refractivity contribution in [2.75, 3.05) is 25.6 Å². The number of hydrogen-bond donors (Lipinski definition) is 4. The van der Waals surface area contributed by atoms with Crippen molar-refractivity contribution in [2.24, 2.45) is 4.99 Å². The van der Waals surface area contributed by atoms with E-state index in [-0.39, 0.29) is 0 Å². The van der Waals surface area contributed by atoms with Crippen LogP contribution in [0.1, 0.15) is 5.56 Å². The normalized spacial score (nSPS) is 32.4. The molecule has 122 valence electrons. The van der Waals surface area contributed by atoms with Crippen LogP contribution in [0.5, 0.6) is 0 Å². The topological polar surface area (TPSA) is 106 Å². The summed E-state index contributed by atoms with van der Waals surface area (Å²) in [6.07, 6.45) is -3.50. The minimum absolute atomic E-state index is 0.488. The molecule has 0 radical (unpaired) electrons. The molecule has 0 unspecified atom stereocenters. The quantitative estimate of drug-likeness (QED) is 0.530. The molecular formula is C15H22N2O5. The van der Waals surface area contributed by atoms with Gasteiger partial charge in [0.15, 0.2) is 6.29 Å². The lowest BCUT2D eigenvalue weighted by Gasteiger charge is -2.38. The van der Waals surface area contributed by atoms with Gasteiger partial charge in [-0.1, -0.05) is 12.1 Å². The summed E-state index contributed by atoms with van der Waals surface area (Å²) in [5.74, 6) is 0. The molecule has 0 amide bonds. The van der Waals surface area contributed by atoms with Gasteiger partial charge in [0.25, 0.3) is 0 Å². The van der Waals surface area contributed by atoms with Gasteiger partial charge in [0.2, 0.25) is 0 Å². The second-order valence-corrected chi connectivity index (χ2v) is 5.48. The maximum absolute atomic E-state index is 9.98. The van der Waals surface area contributed by atoms with E-state index in [4.69, 9.17) is 9.84 Å². The van der Waals surface area contributed by atoms with Gasteiger partial charge in [0.1, 0.15) is 24.4 Å². The molecule has 0 aliphatic carbocycles. The van der Waals surface area contributed by atoms with Crippen molar-refractivity contribution in [3.63, 3.8) is 0 Å². The third-order valence-electron chi connectivity index (χ3n) is 3.67. The first kappa shape index (κ1) is 16.9. The zero-order valence-electron chi connectivity index (χ0n) is 12.6. The van der Waals surface area contributed by atoms with Crippen LogP contribution in [-0.2, 0) is 4.74 Å². The summed E-state index contributed by atoms with van der Waals surface area (Å²) < 4.78 is 5.04. The molecule has 0 spiro atoms. The van der Waals surface area contributed by atoms with Crippen LogP contribution in [0.3, 0.4) is 0 Å². The molecule has 7 nitrogen and oxygen atoms in total. The summed E-state index contributed by atoms with van der Waals surface area (Å²) in [6.45, 7) is -0.488. The van der Waals surface area contributed by atoms with Crippen LogP contribution in [0.2, 0.25) is 0 Å². The number of ether oxygens (including phenoxy) is 1. The van der Waals surface area contributed by atoms with E-state index in [0.29, 0.717) is 0 Å². The molecule has 22 heavy (non-hydrogen) atoms. The number of hydrogen-bond acceptors (Lipinski definition) is 7. The molecule has 0 bridgehead atoms. The number of aliphatic hydroxyl groups is 4. The van der Waals surface area contributed by atoms with Crippen LogP contribution in [0, 0.1) is 0 Å². The SMILES string of the molecule is CN(C)c1ccc(C=N[C@H]2[C@@H](O)[C@H](O)[C@H](CO)O[C@@H]2O)cc1. The van der Waals surface area contributed by atoms with Crippen LogP contribution in [0.4, 0.5) is 5.69 Å². The van der Waals surface area contributed by atoms with Crippen LogP contribution < -0.4 is 4.90 Å². The number of nitrogens with zero attached hydrogens (tertiary/aromatic N) is 2. The van der Waals surface area contributed by atoms with Crippen molar-refractivity contribution in [2.45, 2.75) is 30.6 Å². The summed E-state index contributed by atoms with van der Waals surface area (Å²) in [7, 11) is 3.88. The van der Waals surface area contributed by atoms with E-state index < -0.39 is 37.3 Å². The summed E-state index contributed by atoms with van der Waals surface area (Å²) in [5, 5.41) is 38.6. The van der Waals surface area contributed by atoms with Crippen LogP contribution in [0.25, 0.3) is 0 Å². The minimum Gasteiger partial charge on any atom is -0.394 e. The van der Waals surface area contributed by atoms with E-state index in [1.54, 1.807) is 0 Å². The van der Waals surface area contributed by atoms with E-state index in [9.17, 15) is 15.3 Å². The maximum Gasteiger partial charge on any atom is 0.180 e. The summed E-state index contributed by atoms with van der Waals surface area (Å²) in [6, 6.07) is 6.54. The average Bonchev–Trinajstić information content (AvgIpc) is 2.51. The highest BCUT2D eigenvalue weighted by atomic mass is 16.6. The van der Waals surface area contributed by atoms with Gasteiger partial charge in [-0.25, -0.2) is 0 Å². The van der Waals surface area contributed by atoms with Gasteiger partial charge in [-0.3, -0.25) is 4.99 Å². The third-order valence-corrected chi connectivity index (χ3v) is 3.67. The second-order valence-electron chi connectivity index (χ2n) is 5.48. The van der Waals surface area contributed by atoms with Gasteiger partial charge in [-0.2, -0.15) is 0 Å². The minimum atomic E-state index is -1.38. The van der Waals surface area contributed by atoms with E-state index in [1.807, 2.05) is 43.3 Å². The fourth-order valence-electron chi connectivity index (χ4n) is 2.27. The molecular weight excluding hydrogens is 288 g/mol. The van der Waals surface area contributed by atoms with E-state index >= 15 is 0 Å². The van der Waals surface area contributed by atoms with Crippen molar-refractivity contribution < 1.29 is 25.2 Å². The Bertz CT molecular complexity index is 505. The number of aliphatic imine (C=N–C) groups is 1. The fourth-order valence-corrected chi connectivity index (χ4v) is 2.27. The molecule has 1 aliphatic rings. The smallest absolute Gasteiger partial charge is 0.180 e. The average molecular weight is 310 g/mol. The maximum atomic E-state index is 9.98. The Morgan fingerprint density at radius 2 is 1.77 bits per heavy atom. The summed E-state index contributed by atoms with van der Waals surface area (Å²) in [5.41, 5.74) is 1.84. The molecule has 1 heterocycles. The van der Waals surface area contributed by atoms with Crippen molar-refractivity contribution in [1.29, 1.82) is 0 Å². The Hall–Kier alpha value is -1.51. The van der Waals surface area contributed by atoms with Gasteiger partial charge in [-0.15, -0.1) is 0 Å². The molecule has 2 rings (SSSR count). The Kier molecular flexibility index (Phi) is 5.49. The molecule has 1 fully saturated rings. The van der Waals surface area contributed by atoms with Gasteiger partial charge >= 0.3 is 0 Å². The van der Waals surface area contributed by atoms with Crippen molar-refractivity contribution in [3.05, 3.63) is 29.8 Å². The molecule has 1 aromatic rings. The predicted molar refractivity (Wildman–Crippen MR) is 82.1 cm³/mol. The standard InChI is InChI=1S/C15H22N2O5/c1-17(2)10-5-3-9(4-6-10)7-16-12-14(20)13(19)11(8-18)22-15(12)21/h3-7,11-15,18-21H,8H2,1-2H3/t11-,12-,13+,14+,15-/m0/s1. The third kappa shape index (κ3) is 3.63. The Labute approximate surface area is 129 Å². The molecule has 1 saturated heterocycles. The van der Waals surface area contributed by atoms with Crippen LogP contribution >= 0.6 is 0 Å². The summed E-state index contributed by atoms with van der Waals surface area (Å²) >= 11 is 0. The zero-order chi connectivity index (χ0) is 16.3. The summed E-state index contributed by atoms with van der Waals surface area (Å²) in [4.78, 5) is 6.07. The molecule has 7 heteroatoms. The van der Waals surface area contributed by atoms with E-state index in [2.05, 4.69) is 4.99 Å². The Balaban J connectivity index is 2.08. The van der Waals surface area contributed by atoms with E-state index in [0.717, 1.165) is 11.3 Å². The Morgan fingerprint density at radius 3 is 2.32 bits per heavy atom. The number of rotatable bonds is 4. The molecule has 0 aromatic heterocycles. The monoisotopic (exact) mass is 310 g/mol. The molecule has 1 aliphatic heterocycles. The van der Waals surface area contributed by atoms with E-state index in [1.165, 1.54) is 6.21 Å². The van der Waals surface area contributed by atoms with Gasteiger partial charge < -0.3 is 30.1 Å². The number of benzene rings is 1. The zero-order valence-corrected chi connectivity index (χ0v) is 12.6. The van der Waals surface area contributed by atoms with Gasteiger partial charge in [0, 0.05) is 26.0 Å². The first-order valence-corrected chi connectivity index (χ1v) is 7.05. The largest absolute Gasteiger partial charge is 0.394 e. The van der Waals surface area contributed by atoms with Crippen molar-refractivity contribution >= 4 is 11.9 Å². The second kappa shape index (κ2) is 7.17. The molecule has 1 aromatic carbocycles. The first-order chi connectivity index (χ1) is 10.4. The molecule has 5 atom stereocenters. The lowest BCUT2D eigenvalue weighted by atomic mass is 9.97.